The van der Waals surface area contributed by atoms with Crippen molar-refractivity contribution in [2.45, 2.75) is 32.1 Å². The van der Waals surface area contributed by atoms with Crippen molar-refractivity contribution in [1.82, 2.24) is 0 Å². The summed E-state index contributed by atoms with van der Waals surface area (Å²) in [5.74, 6) is 0.113. The van der Waals surface area contributed by atoms with Crippen LogP contribution < -0.4 is 0 Å². The van der Waals surface area contributed by atoms with Gasteiger partial charge < -0.3 is 0 Å². The number of halogens is 1. The first kappa shape index (κ1) is 8.79. The minimum Gasteiger partial charge on any atom is -0.281 e. The van der Waals surface area contributed by atoms with Gasteiger partial charge in [-0.15, -0.1) is 0 Å². The molecule has 0 aliphatic heterocycles. The lowest BCUT2D eigenvalue weighted by atomic mass is 9.95. The number of carbonyl (C=O) groups is 1. The maximum absolute atomic E-state index is 10.8. The van der Waals surface area contributed by atoms with Crippen LogP contribution in [0.4, 0.5) is 0 Å². The van der Waals surface area contributed by atoms with Crippen LogP contribution in [0, 0.1) is 5.92 Å². The van der Waals surface area contributed by atoms with Crippen molar-refractivity contribution in [3.63, 3.8) is 0 Å². The highest BCUT2D eigenvalue weighted by Crippen LogP contribution is 2.20. The van der Waals surface area contributed by atoms with Crippen molar-refractivity contribution < 1.29 is 4.79 Å². The average Bonchev–Trinajstić information content (AvgIpc) is 1.84. The predicted octanol–water partition coefficient (Wildman–Crippen LogP) is 2.89. The Bertz CT molecular complexity index is 163. The molecule has 0 radical (unpaired) electrons. The van der Waals surface area contributed by atoms with Gasteiger partial charge in [0.05, 0.1) is 0 Å². The van der Waals surface area contributed by atoms with Crippen LogP contribution in [-0.4, -0.2) is 5.24 Å². The molecule has 0 aromatic heterocycles. The van der Waals surface area contributed by atoms with Gasteiger partial charge in [0.15, 0.2) is 0 Å². The van der Waals surface area contributed by atoms with E-state index in [1.54, 1.807) is 0 Å². The fraction of sp³-hybridized carbons (Fsp3) is 0.667. The van der Waals surface area contributed by atoms with Gasteiger partial charge in [0.2, 0.25) is 5.24 Å². The number of hydrogen-bond donors (Lipinski definition) is 0. The summed E-state index contributed by atoms with van der Waals surface area (Å²) in [5.41, 5.74) is 0. The predicted molar refractivity (Wildman–Crippen MR) is 46.6 cm³/mol. The third kappa shape index (κ3) is 3.06. The SMILES string of the molecule is O=C(Cl)C1CC/C=C\CCC1. The van der Waals surface area contributed by atoms with E-state index in [2.05, 4.69) is 12.2 Å². The molecule has 62 valence electrons. The second kappa shape index (κ2) is 4.55. The minimum atomic E-state index is -0.152. The van der Waals surface area contributed by atoms with Crippen LogP contribution in [0.2, 0.25) is 0 Å². The third-order valence-electron chi connectivity index (χ3n) is 2.09. The molecule has 1 atom stereocenters. The molecular weight excluding hydrogens is 160 g/mol. The quantitative estimate of drug-likeness (QED) is 0.439. The Hall–Kier alpha value is -0.300. The molecule has 0 aromatic rings. The molecule has 0 saturated heterocycles. The van der Waals surface area contributed by atoms with Gasteiger partial charge in [0.1, 0.15) is 0 Å². The van der Waals surface area contributed by atoms with E-state index in [9.17, 15) is 4.79 Å². The molecule has 1 aliphatic rings. The van der Waals surface area contributed by atoms with Crippen LogP contribution in [0.15, 0.2) is 12.2 Å². The van der Waals surface area contributed by atoms with Crippen LogP contribution in [0.5, 0.6) is 0 Å². The molecule has 0 aromatic carbocycles. The van der Waals surface area contributed by atoms with E-state index >= 15 is 0 Å². The summed E-state index contributed by atoms with van der Waals surface area (Å²) in [5, 5.41) is -0.152. The van der Waals surface area contributed by atoms with Gasteiger partial charge in [0, 0.05) is 5.92 Å². The largest absolute Gasteiger partial charge is 0.281 e. The molecule has 1 aliphatic carbocycles. The molecule has 1 unspecified atom stereocenters. The van der Waals surface area contributed by atoms with Gasteiger partial charge in [-0.2, -0.15) is 0 Å². The second-order valence-corrected chi connectivity index (χ2v) is 3.35. The highest BCUT2D eigenvalue weighted by molar-refractivity contribution is 6.63. The molecule has 1 rings (SSSR count). The zero-order valence-corrected chi connectivity index (χ0v) is 7.31. The lowest BCUT2D eigenvalue weighted by molar-refractivity contribution is -0.115. The highest BCUT2D eigenvalue weighted by atomic mass is 35.5. The Labute approximate surface area is 72.4 Å². The molecule has 0 saturated carbocycles. The lowest BCUT2D eigenvalue weighted by Crippen LogP contribution is -2.09. The zero-order chi connectivity index (χ0) is 8.10. The van der Waals surface area contributed by atoms with Gasteiger partial charge in [-0.1, -0.05) is 12.2 Å². The summed E-state index contributed by atoms with van der Waals surface area (Å²) in [7, 11) is 0. The van der Waals surface area contributed by atoms with Crippen LogP contribution >= 0.6 is 11.6 Å². The van der Waals surface area contributed by atoms with E-state index in [0.29, 0.717) is 0 Å². The van der Waals surface area contributed by atoms with E-state index < -0.39 is 0 Å². The topological polar surface area (TPSA) is 17.1 Å². The molecule has 0 heterocycles. The van der Waals surface area contributed by atoms with E-state index in [4.69, 9.17) is 11.6 Å². The monoisotopic (exact) mass is 172 g/mol. The van der Waals surface area contributed by atoms with Crippen molar-refractivity contribution in [3.8, 4) is 0 Å². The maximum atomic E-state index is 10.8. The number of allylic oxidation sites excluding steroid dienone is 2. The van der Waals surface area contributed by atoms with Gasteiger partial charge >= 0.3 is 0 Å². The van der Waals surface area contributed by atoms with E-state index in [0.717, 1.165) is 32.1 Å². The molecule has 0 spiro atoms. The normalized spacial score (nSPS) is 28.6. The van der Waals surface area contributed by atoms with Crippen molar-refractivity contribution in [3.05, 3.63) is 12.2 Å². The maximum Gasteiger partial charge on any atom is 0.224 e. The van der Waals surface area contributed by atoms with Crippen LogP contribution in [-0.2, 0) is 4.79 Å². The van der Waals surface area contributed by atoms with Crippen LogP contribution in [0.25, 0.3) is 0 Å². The zero-order valence-electron chi connectivity index (χ0n) is 6.55. The van der Waals surface area contributed by atoms with E-state index in [1.807, 2.05) is 0 Å². The fourth-order valence-electron chi connectivity index (χ4n) is 1.39. The number of hydrogen-bond acceptors (Lipinski definition) is 1. The van der Waals surface area contributed by atoms with Gasteiger partial charge in [-0.05, 0) is 43.7 Å². The summed E-state index contributed by atoms with van der Waals surface area (Å²) >= 11 is 5.42. The van der Waals surface area contributed by atoms with Gasteiger partial charge in [-0.25, -0.2) is 0 Å². The Balaban J connectivity index is 2.42. The standard InChI is InChI=1S/C9H13ClO/c10-9(11)8-6-4-2-1-3-5-7-8/h1-2,8H,3-7H2/b2-1-. The Morgan fingerprint density at radius 3 is 2.73 bits per heavy atom. The molecule has 0 bridgehead atoms. The Kier molecular flexibility index (Phi) is 3.64. The van der Waals surface area contributed by atoms with Crippen LogP contribution in [0.3, 0.4) is 0 Å². The fourth-order valence-corrected chi connectivity index (χ4v) is 1.60. The first-order chi connectivity index (χ1) is 5.30. The van der Waals surface area contributed by atoms with Crippen LogP contribution in [0.1, 0.15) is 32.1 Å². The highest BCUT2D eigenvalue weighted by Gasteiger charge is 2.15. The summed E-state index contributed by atoms with van der Waals surface area (Å²) in [4.78, 5) is 10.8. The minimum absolute atomic E-state index is 0.113. The molecule has 0 fully saturated rings. The lowest BCUT2D eigenvalue weighted by Gasteiger charge is -2.11. The van der Waals surface area contributed by atoms with Crippen molar-refractivity contribution >= 4 is 16.8 Å². The van der Waals surface area contributed by atoms with Gasteiger partial charge in [-0.3, -0.25) is 4.79 Å². The van der Waals surface area contributed by atoms with Crippen molar-refractivity contribution in [2.75, 3.05) is 0 Å². The molecule has 0 N–H and O–H groups in total. The Morgan fingerprint density at radius 2 is 2.00 bits per heavy atom. The molecule has 0 amide bonds. The second-order valence-electron chi connectivity index (χ2n) is 2.98. The smallest absolute Gasteiger partial charge is 0.224 e. The molecule has 2 heteroatoms. The van der Waals surface area contributed by atoms with E-state index in [-0.39, 0.29) is 11.2 Å². The number of rotatable bonds is 1. The summed E-state index contributed by atoms with van der Waals surface area (Å²) in [6, 6.07) is 0. The summed E-state index contributed by atoms with van der Waals surface area (Å²) in [6.07, 6.45) is 9.43. The number of carbonyl (C=O) groups excluding carboxylic acids is 1. The molecular formula is C9H13ClO. The molecule has 1 nitrogen and oxygen atoms in total. The average molecular weight is 173 g/mol. The Morgan fingerprint density at radius 1 is 1.27 bits per heavy atom. The summed E-state index contributed by atoms with van der Waals surface area (Å²) in [6.45, 7) is 0. The third-order valence-corrected chi connectivity index (χ3v) is 2.40. The first-order valence-corrected chi connectivity index (χ1v) is 4.53. The van der Waals surface area contributed by atoms with E-state index in [1.165, 1.54) is 0 Å². The van der Waals surface area contributed by atoms with Crippen molar-refractivity contribution in [1.29, 1.82) is 0 Å². The first-order valence-electron chi connectivity index (χ1n) is 4.15. The van der Waals surface area contributed by atoms with Gasteiger partial charge in [0.25, 0.3) is 0 Å². The van der Waals surface area contributed by atoms with Crippen molar-refractivity contribution in [2.24, 2.45) is 5.92 Å². The summed E-state index contributed by atoms with van der Waals surface area (Å²) < 4.78 is 0. The molecule has 11 heavy (non-hydrogen) atoms.